The standard InChI is InChI=1S/2C2H4F2O/c1-2(3,4)5;3-2(4)1-5/h5H,1H3;2,5H,1H2. The fraction of sp³-hybridized carbons (Fsp3) is 1.00. The van der Waals surface area contributed by atoms with E-state index in [4.69, 9.17) is 10.2 Å². The lowest BCUT2D eigenvalue weighted by molar-refractivity contribution is -0.181. The highest BCUT2D eigenvalue weighted by Crippen LogP contribution is 2.02. The summed E-state index contributed by atoms with van der Waals surface area (Å²) in [6, 6.07) is 0. The summed E-state index contributed by atoms with van der Waals surface area (Å²) in [6.07, 6.45) is -6.06. The fourth-order valence-corrected chi connectivity index (χ4v) is 0. The van der Waals surface area contributed by atoms with Crippen molar-refractivity contribution < 1.29 is 27.8 Å². The topological polar surface area (TPSA) is 40.5 Å². The van der Waals surface area contributed by atoms with Crippen molar-refractivity contribution >= 4 is 0 Å². The first-order valence-electron chi connectivity index (χ1n) is 2.26. The van der Waals surface area contributed by atoms with Crippen LogP contribution in [0.4, 0.5) is 17.6 Å². The molecular weight excluding hydrogens is 156 g/mol. The third-order valence-electron chi connectivity index (χ3n) is 0.138. The second kappa shape index (κ2) is 5.43. The molecule has 2 N–H and O–H groups in total. The van der Waals surface area contributed by atoms with Gasteiger partial charge in [-0.2, -0.15) is 8.78 Å². The van der Waals surface area contributed by atoms with E-state index >= 15 is 0 Å². The Kier molecular flexibility index (Phi) is 6.69. The van der Waals surface area contributed by atoms with E-state index in [-0.39, 0.29) is 0 Å². The van der Waals surface area contributed by atoms with Gasteiger partial charge in [-0.1, -0.05) is 0 Å². The highest BCUT2D eigenvalue weighted by molar-refractivity contribution is 4.24. The third kappa shape index (κ3) is 125. The van der Waals surface area contributed by atoms with Gasteiger partial charge in [0, 0.05) is 6.92 Å². The maximum atomic E-state index is 10.6. The lowest BCUT2D eigenvalue weighted by Crippen LogP contribution is -2.04. The minimum Gasteiger partial charge on any atom is -0.390 e. The molecule has 0 fully saturated rings. The third-order valence-corrected chi connectivity index (χ3v) is 0.138. The highest BCUT2D eigenvalue weighted by Gasteiger charge is 2.11. The molecule has 0 radical (unpaired) electrons. The molecule has 0 aromatic rings. The van der Waals surface area contributed by atoms with Gasteiger partial charge >= 0.3 is 6.11 Å². The average molecular weight is 164 g/mol. The monoisotopic (exact) mass is 164 g/mol. The Morgan fingerprint density at radius 1 is 1.40 bits per heavy atom. The summed E-state index contributed by atoms with van der Waals surface area (Å²) in [7, 11) is 0. The minimum absolute atomic E-state index is 0.410. The number of hydrogen-bond donors (Lipinski definition) is 2. The van der Waals surface area contributed by atoms with Gasteiger partial charge in [0.2, 0.25) is 0 Å². The molecule has 0 saturated heterocycles. The molecule has 0 aromatic carbocycles. The van der Waals surface area contributed by atoms with Gasteiger partial charge < -0.3 is 10.2 Å². The number of halogens is 4. The van der Waals surface area contributed by atoms with Crippen LogP contribution in [0.25, 0.3) is 0 Å². The van der Waals surface area contributed by atoms with Crippen molar-refractivity contribution in [1.29, 1.82) is 0 Å². The average Bonchev–Trinajstić information content (AvgIpc) is 1.61. The van der Waals surface area contributed by atoms with Crippen LogP contribution in [0.1, 0.15) is 6.92 Å². The summed E-state index contributed by atoms with van der Waals surface area (Å²) in [5.74, 6) is 0. The van der Waals surface area contributed by atoms with Crippen LogP contribution in [0.2, 0.25) is 0 Å². The van der Waals surface area contributed by atoms with E-state index in [9.17, 15) is 17.6 Å². The number of rotatable bonds is 1. The van der Waals surface area contributed by atoms with Crippen LogP contribution >= 0.6 is 0 Å². The van der Waals surface area contributed by atoms with E-state index in [1.165, 1.54) is 0 Å². The summed E-state index contributed by atoms with van der Waals surface area (Å²) >= 11 is 0. The zero-order valence-electron chi connectivity index (χ0n) is 5.19. The molecule has 0 amide bonds. The van der Waals surface area contributed by atoms with Crippen LogP contribution in [0.15, 0.2) is 0 Å². The van der Waals surface area contributed by atoms with Crippen molar-refractivity contribution in [3.63, 3.8) is 0 Å². The van der Waals surface area contributed by atoms with Gasteiger partial charge in [-0.15, -0.1) is 0 Å². The number of hydrogen-bond acceptors (Lipinski definition) is 2. The van der Waals surface area contributed by atoms with Gasteiger partial charge in [-0.05, 0) is 0 Å². The molecule has 10 heavy (non-hydrogen) atoms. The normalized spacial score (nSPS) is 10.8. The Labute approximate surface area is 55.1 Å². The molecule has 6 heteroatoms. The van der Waals surface area contributed by atoms with Gasteiger partial charge in [0.25, 0.3) is 6.43 Å². The lowest BCUT2D eigenvalue weighted by atomic mass is 10.8. The first-order valence-corrected chi connectivity index (χ1v) is 2.26. The predicted molar refractivity (Wildman–Crippen MR) is 25.9 cm³/mol. The first kappa shape index (κ1) is 12.3. The largest absolute Gasteiger partial charge is 0.390 e. The van der Waals surface area contributed by atoms with E-state index in [1.54, 1.807) is 0 Å². The SMILES string of the molecule is CC(O)(F)F.OCC(F)F. The fourth-order valence-electron chi connectivity index (χ4n) is 0. The van der Waals surface area contributed by atoms with Gasteiger partial charge in [-0.25, -0.2) is 8.78 Å². The second-order valence-corrected chi connectivity index (χ2v) is 1.42. The zero-order valence-corrected chi connectivity index (χ0v) is 5.19. The molecule has 0 aliphatic rings. The Bertz CT molecular complexity index is 64.1. The molecule has 0 aliphatic carbocycles. The van der Waals surface area contributed by atoms with Gasteiger partial charge in [0.1, 0.15) is 6.61 Å². The maximum Gasteiger partial charge on any atom is 0.350 e. The number of aliphatic hydroxyl groups is 2. The minimum atomic E-state index is -3.50. The maximum absolute atomic E-state index is 10.6. The molecule has 0 spiro atoms. The summed E-state index contributed by atoms with van der Waals surface area (Å²) < 4.78 is 42.2. The van der Waals surface area contributed by atoms with Gasteiger partial charge in [0.15, 0.2) is 0 Å². The Morgan fingerprint density at radius 2 is 1.50 bits per heavy atom. The second-order valence-electron chi connectivity index (χ2n) is 1.42. The van der Waals surface area contributed by atoms with Crippen LogP contribution in [-0.2, 0) is 0 Å². The summed E-state index contributed by atoms with van der Waals surface area (Å²) in [4.78, 5) is 0. The summed E-state index contributed by atoms with van der Waals surface area (Å²) in [6.45, 7) is -0.618. The van der Waals surface area contributed by atoms with Gasteiger partial charge in [-0.3, -0.25) is 0 Å². The molecule has 2 nitrogen and oxygen atoms in total. The van der Waals surface area contributed by atoms with Crippen molar-refractivity contribution in [2.45, 2.75) is 19.5 Å². The molecule has 0 aromatic heterocycles. The molecule has 64 valence electrons. The molecule has 0 aliphatic heterocycles. The molecule has 0 atom stereocenters. The van der Waals surface area contributed by atoms with E-state index in [1.807, 2.05) is 0 Å². The highest BCUT2D eigenvalue weighted by atomic mass is 19.3. The smallest absolute Gasteiger partial charge is 0.350 e. The molecule has 0 heterocycles. The Balaban J connectivity index is 0. The Morgan fingerprint density at radius 3 is 1.50 bits per heavy atom. The van der Waals surface area contributed by atoms with Crippen molar-refractivity contribution in [2.75, 3.05) is 6.61 Å². The van der Waals surface area contributed by atoms with Gasteiger partial charge in [0.05, 0.1) is 0 Å². The lowest BCUT2D eigenvalue weighted by Gasteiger charge is -1.93. The Hall–Kier alpha value is -0.360. The summed E-state index contributed by atoms with van der Waals surface area (Å²) in [5.41, 5.74) is 0. The van der Waals surface area contributed by atoms with E-state index in [0.717, 1.165) is 0 Å². The van der Waals surface area contributed by atoms with Crippen LogP contribution < -0.4 is 0 Å². The predicted octanol–water partition coefficient (Wildman–Crippen LogP) is 0.835. The van der Waals surface area contributed by atoms with E-state index < -0.39 is 19.1 Å². The zero-order chi connectivity index (χ0) is 8.78. The van der Waals surface area contributed by atoms with Crippen LogP contribution in [0.3, 0.4) is 0 Å². The van der Waals surface area contributed by atoms with Crippen molar-refractivity contribution in [3.8, 4) is 0 Å². The van der Waals surface area contributed by atoms with Crippen molar-refractivity contribution in [1.82, 2.24) is 0 Å². The molecule has 0 bridgehead atoms. The van der Waals surface area contributed by atoms with Crippen molar-refractivity contribution in [2.24, 2.45) is 0 Å². The number of aliphatic hydroxyl groups excluding tert-OH is 1. The van der Waals surface area contributed by atoms with Crippen LogP contribution in [0.5, 0.6) is 0 Å². The molecule has 0 unspecified atom stereocenters. The molecule has 0 rings (SSSR count). The van der Waals surface area contributed by atoms with Crippen molar-refractivity contribution in [3.05, 3.63) is 0 Å². The first-order chi connectivity index (χ1) is 4.27. The molecular formula is C4H8F4O2. The quantitative estimate of drug-likeness (QED) is 0.563. The van der Waals surface area contributed by atoms with Crippen LogP contribution in [0, 0.1) is 0 Å². The van der Waals surface area contributed by atoms with E-state index in [2.05, 4.69) is 0 Å². The number of alkyl halides is 4. The molecule has 0 saturated carbocycles. The van der Waals surface area contributed by atoms with Crippen LogP contribution in [-0.4, -0.2) is 29.4 Å². The summed E-state index contributed by atoms with van der Waals surface area (Å²) in [5, 5.41) is 14.6. The van der Waals surface area contributed by atoms with E-state index in [0.29, 0.717) is 6.92 Å².